The number of nitrogens with zero attached hydrogens (tertiary/aromatic N) is 1. The quantitative estimate of drug-likeness (QED) is 0.863. The molecule has 0 aromatic heterocycles. The van der Waals surface area contributed by atoms with E-state index in [4.69, 9.17) is 0 Å². The lowest BCUT2D eigenvalue weighted by molar-refractivity contribution is 0.352. The normalized spacial score (nSPS) is 18.9. The molecule has 1 aliphatic rings. The number of piperazine rings is 1. The van der Waals surface area contributed by atoms with Crippen LogP contribution in [0.3, 0.4) is 0 Å². The van der Waals surface area contributed by atoms with Gasteiger partial charge in [-0.1, -0.05) is 6.07 Å². The summed E-state index contributed by atoms with van der Waals surface area (Å²) in [5.41, 5.74) is 0.116. The molecule has 0 radical (unpaired) electrons. The first-order valence-electron chi connectivity index (χ1n) is 6.33. The number of hydrogen-bond donors (Lipinski definition) is 2. The molecule has 8 heteroatoms. The van der Waals surface area contributed by atoms with Gasteiger partial charge in [0.1, 0.15) is 11.6 Å². The lowest BCUT2D eigenvalue weighted by atomic mass is 10.1. The molecule has 0 saturated carbocycles. The van der Waals surface area contributed by atoms with Crippen LogP contribution in [-0.2, 0) is 10.2 Å². The van der Waals surface area contributed by atoms with Crippen molar-refractivity contribution in [2.45, 2.75) is 13.0 Å². The van der Waals surface area contributed by atoms with Crippen LogP contribution in [0.15, 0.2) is 18.2 Å². The highest BCUT2D eigenvalue weighted by Gasteiger charge is 2.26. The van der Waals surface area contributed by atoms with Gasteiger partial charge in [-0.05, 0) is 13.0 Å². The molecular weight excluding hydrogens is 288 g/mol. The van der Waals surface area contributed by atoms with Gasteiger partial charge in [0.15, 0.2) is 0 Å². The Labute approximate surface area is 117 Å². The van der Waals surface area contributed by atoms with Crippen molar-refractivity contribution in [3.05, 3.63) is 35.4 Å². The van der Waals surface area contributed by atoms with Crippen molar-refractivity contribution in [1.29, 1.82) is 0 Å². The smallest absolute Gasteiger partial charge is 0.280 e. The summed E-state index contributed by atoms with van der Waals surface area (Å²) in [5, 5.41) is 3.05. The fourth-order valence-electron chi connectivity index (χ4n) is 2.10. The number of rotatable bonds is 4. The van der Waals surface area contributed by atoms with Crippen LogP contribution in [-0.4, -0.2) is 38.9 Å². The minimum atomic E-state index is -3.67. The summed E-state index contributed by atoms with van der Waals surface area (Å²) in [7, 11) is -3.67. The van der Waals surface area contributed by atoms with Crippen LogP contribution in [0.25, 0.3) is 0 Å². The third kappa shape index (κ3) is 3.51. The van der Waals surface area contributed by atoms with Crippen molar-refractivity contribution in [1.82, 2.24) is 14.3 Å². The zero-order chi connectivity index (χ0) is 14.8. The van der Waals surface area contributed by atoms with Gasteiger partial charge in [0.05, 0.1) is 0 Å². The standard InChI is InChI=1S/C12H17F2N3O2S/c1-9(11-3-2-10(13)8-12(11)14)16-20(18,19)17-6-4-15-5-7-17/h2-3,8-9,15-16H,4-7H2,1H3. The minimum absolute atomic E-state index is 0.116. The van der Waals surface area contributed by atoms with E-state index in [1.807, 2.05) is 0 Å². The molecule has 1 atom stereocenters. The second-order valence-corrected chi connectivity index (χ2v) is 6.36. The maximum Gasteiger partial charge on any atom is 0.280 e. The van der Waals surface area contributed by atoms with Gasteiger partial charge in [0, 0.05) is 43.9 Å². The number of halogens is 2. The molecule has 2 N–H and O–H groups in total. The van der Waals surface area contributed by atoms with Gasteiger partial charge in [0.25, 0.3) is 10.2 Å². The molecule has 1 saturated heterocycles. The van der Waals surface area contributed by atoms with Crippen molar-refractivity contribution < 1.29 is 17.2 Å². The fraction of sp³-hybridized carbons (Fsp3) is 0.500. The largest absolute Gasteiger partial charge is 0.314 e. The van der Waals surface area contributed by atoms with E-state index in [0.29, 0.717) is 26.2 Å². The first-order valence-corrected chi connectivity index (χ1v) is 7.77. The van der Waals surface area contributed by atoms with Crippen molar-refractivity contribution in [2.24, 2.45) is 0 Å². The van der Waals surface area contributed by atoms with E-state index in [1.54, 1.807) is 0 Å². The van der Waals surface area contributed by atoms with Crippen molar-refractivity contribution in [3.8, 4) is 0 Å². The molecule has 1 unspecified atom stereocenters. The molecule has 0 amide bonds. The molecule has 112 valence electrons. The van der Waals surface area contributed by atoms with Gasteiger partial charge in [-0.25, -0.2) is 8.78 Å². The van der Waals surface area contributed by atoms with E-state index < -0.39 is 27.9 Å². The molecule has 1 aromatic rings. The zero-order valence-corrected chi connectivity index (χ0v) is 11.9. The number of benzene rings is 1. The maximum absolute atomic E-state index is 13.6. The second-order valence-electron chi connectivity index (χ2n) is 4.66. The van der Waals surface area contributed by atoms with Gasteiger partial charge in [-0.2, -0.15) is 17.4 Å². The predicted molar refractivity (Wildman–Crippen MR) is 71.3 cm³/mol. The van der Waals surface area contributed by atoms with Crippen molar-refractivity contribution in [2.75, 3.05) is 26.2 Å². The third-order valence-corrected chi connectivity index (χ3v) is 4.87. The molecular formula is C12H17F2N3O2S. The number of nitrogens with one attached hydrogen (secondary N) is 2. The van der Waals surface area contributed by atoms with E-state index in [2.05, 4.69) is 10.0 Å². The molecule has 0 aliphatic carbocycles. The highest BCUT2D eigenvalue weighted by Crippen LogP contribution is 2.19. The number of hydrogen-bond acceptors (Lipinski definition) is 3. The van der Waals surface area contributed by atoms with E-state index in [1.165, 1.54) is 17.3 Å². The summed E-state index contributed by atoms with van der Waals surface area (Å²) in [6, 6.07) is 2.32. The Morgan fingerprint density at radius 1 is 1.30 bits per heavy atom. The van der Waals surface area contributed by atoms with Gasteiger partial charge in [-0.3, -0.25) is 0 Å². The average Bonchev–Trinajstić information content (AvgIpc) is 2.39. The molecule has 5 nitrogen and oxygen atoms in total. The molecule has 1 fully saturated rings. The Kier molecular flexibility index (Phi) is 4.69. The summed E-state index contributed by atoms with van der Waals surface area (Å²) in [6.07, 6.45) is 0. The van der Waals surface area contributed by atoms with E-state index >= 15 is 0 Å². The Morgan fingerprint density at radius 3 is 2.55 bits per heavy atom. The highest BCUT2D eigenvalue weighted by molar-refractivity contribution is 7.87. The molecule has 20 heavy (non-hydrogen) atoms. The molecule has 1 aliphatic heterocycles. The van der Waals surface area contributed by atoms with Crippen LogP contribution in [0, 0.1) is 11.6 Å². The lowest BCUT2D eigenvalue weighted by Gasteiger charge is -2.28. The van der Waals surface area contributed by atoms with Gasteiger partial charge < -0.3 is 5.32 Å². The van der Waals surface area contributed by atoms with Gasteiger partial charge in [-0.15, -0.1) is 0 Å². The second kappa shape index (κ2) is 6.13. The maximum atomic E-state index is 13.6. The van der Waals surface area contributed by atoms with Crippen LogP contribution in [0.2, 0.25) is 0 Å². The van der Waals surface area contributed by atoms with E-state index in [0.717, 1.165) is 12.1 Å². The SMILES string of the molecule is CC(NS(=O)(=O)N1CCNCC1)c1ccc(F)cc1F. The topological polar surface area (TPSA) is 61.4 Å². The fourth-order valence-corrected chi connectivity index (χ4v) is 3.48. The van der Waals surface area contributed by atoms with Gasteiger partial charge >= 0.3 is 0 Å². The Balaban J connectivity index is 2.11. The summed E-state index contributed by atoms with van der Waals surface area (Å²) in [5.74, 6) is -1.45. The minimum Gasteiger partial charge on any atom is -0.314 e. The Bertz CT molecular complexity index is 574. The van der Waals surface area contributed by atoms with Crippen LogP contribution < -0.4 is 10.0 Å². The first kappa shape index (κ1) is 15.3. The Morgan fingerprint density at radius 2 is 1.95 bits per heavy atom. The average molecular weight is 305 g/mol. The van der Waals surface area contributed by atoms with Gasteiger partial charge in [0.2, 0.25) is 0 Å². The summed E-state index contributed by atoms with van der Waals surface area (Å²) < 4.78 is 54.5. The monoisotopic (exact) mass is 305 g/mol. The van der Waals surface area contributed by atoms with Crippen LogP contribution in [0.1, 0.15) is 18.5 Å². The van der Waals surface area contributed by atoms with E-state index in [9.17, 15) is 17.2 Å². The zero-order valence-electron chi connectivity index (χ0n) is 11.1. The van der Waals surface area contributed by atoms with Crippen LogP contribution >= 0.6 is 0 Å². The summed E-state index contributed by atoms with van der Waals surface area (Å²) >= 11 is 0. The van der Waals surface area contributed by atoms with E-state index in [-0.39, 0.29) is 5.56 Å². The van der Waals surface area contributed by atoms with Crippen LogP contribution in [0.5, 0.6) is 0 Å². The molecule has 1 aromatic carbocycles. The summed E-state index contributed by atoms with van der Waals surface area (Å²) in [6.45, 7) is 3.43. The summed E-state index contributed by atoms with van der Waals surface area (Å²) in [4.78, 5) is 0. The Hall–Kier alpha value is -1.09. The van der Waals surface area contributed by atoms with Crippen LogP contribution in [0.4, 0.5) is 8.78 Å². The lowest BCUT2D eigenvalue weighted by Crippen LogP contribution is -2.50. The molecule has 2 rings (SSSR count). The third-order valence-electron chi connectivity index (χ3n) is 3.17. The molecule has 1 heterocycles. The van der Waals surface area contributed by atoms with Crippen molar-refractivity contribution >= 4 is 10.2 Å². The molecule has 0 bridgehead atoms. The van der Waals surface area contributed by atoms with Crippen molar-refractivity contribution in [3.63, 3.8) is 0 Å². The predicted octanol–water partition coefficient (Wildman–Crippen LogP) is 0.765. The highest BCUT2D eigenvalue weighted by atomic mass is 32.2. The molecule has 0 spiro atoms. The first-order chi connectivity index (χ1) is 9.40.